The first-order valence-corrected chi connectivity index (χ1v) is 7.28. The minimum atomic E-state index is -3.73. The molecule has 0 fully saturated rings. The van der Waals surface area contributed by atoms with Crippen molar-refractivity contribution in [1.82, 2.24) is 4.31 Å². The quantitative estimate of drug-likeness (QED) is 0.905. The van der Waals surface area contributed by atoms with Gasteiger partial charge in [0.15, 0.2) is 0 Å². The standard InChI is InChI=1S/C12H16N2O3S/c1-4-8(2)14-12(15)9-6-5-7-10(13-3)11(9)18(14,16)17/h5-8,13H,4H2,1-3H3. The molecule has 0 saturated carbocycles. The summed E-state index contributed by atoms with van der Waals surface area (Å²) in [7, 11) is -2.09. The van der Waals surface area contributed by atoms with Crippen LogP contribution >= 0.6 is 0 Å². The summed E-state index contributed by atoms with van der Waals surface area (Å²) < 4.78 is 25.9. The van der Waals surface area contributed by atoms with Crippen LogP contribution in [-0.4, -0.2) is 31.7 Å². The van der Waals surface area contributed by atoms with Crippen LogP contribution in [0.25, 0.3) is 0 Å². The van der Waals surface area contributed by atoms with Crippen molar-refractivity contribution < 1.29 is 13.2 Å². The van der Waals surface area contributed by atoms with Gasteiger partial charge in [0.2, 0.25) is 0 Å². The smallest absolute Gasteiger partial charge is 0.269 e. The minimum Gasteiger partial charge on any atom is -0.387 e. The molecule has 0 bridgehead atoms. The number of anilines is 1. The molecule has 0 spiro atoms. The van der Waals surface area contributed by atoms with E-state index in [2.05, 4.69) is 5.32 Å². The number of hydrogen-bond acceptors (Lipinski definition) is 4. The van der Waals surface area contributed by atoms with Crippen molar-refractivity contribution in [2.75, 3.05) is 12.4 Å². The second-order valence-electron chi connectivity index (χ2n) is 4.30. The third-order valence-electron chi connectivity index (χ3n) is 3.22. The minimum absolute atomic E-state index is 0.0952. The zero-order chi connectivity index (χ0) is 13.5. The Morgan fingerprint density at radius 2 is 2.06 bits per heavy atom. The van der Waals surface area contributed by atoms with E-state index in [0.717, 1.165) is 4.31 Å². The largest absolute Gasteiger partial charge is 0.387 e. The average Bonchev–Trinajstić information content (AvgIpc) is 2.56. The van der Waals surface area contributed by atoms with E-state index < -0.39 is 15.9 Å². The van der Waals surface area contributed by atoms with Gasteiger partial charge in [0.25, 0.3) is 15.9 Å². The van der Waals surface area contributed by atoms with Crippen LogP contribution in [-0.2, 0) is 10.0 Å². The molecule has 1 atom stereocenters. The predicted molar refractivity (Wildman–Crippen MR) is 69.1 cm³/mol. The fourth-order valence-corrected chi connectivity index (χ4v) is 4.13. The fourth-order valence-electron chi connectivity index (χ4n) is 2.11. The van der Waals surface area contributed by atoms with E-state index in [4.69, 9.17) is 0 Å². The molecule has 0 saturated heterocycles. The summed E-state index contributed by atoms with van der Waals surface area (Å²) >= 11 is 0. The van der Waals surface area contributed by atoms with Gasteiger partial charge >= 0.3 is 0 Å². The topological polar surface area (TPSA) is 66.5 Å². The molecule has 1 heterocycles. The van der Waals surface area contributed by atoms with Crippen LogP contribution in [0.4, 0.5) is 5.69 Å². The number of sulfonamides is 1. The third kappa shape index (κ3) is 1.59. The molecule has 1 aliphatic heterocycles. The highest BCUT2D eigenvalue weighted by molar-refractivity contribution is 7.90. The zero-order valence-electron chi connectivity index (χ0n) is 10.6. The van der Waals surface area contributed by atoms with Crippen LogP contribution in [0.15, 0.2) is 23.1 Å². The Kier molecular flexibility index (Phi) is 3.06. The SMILES string of the molecule is CCC(C)N1C(=O)c2cccc(NC)c2S1(=O)=O. The van der Waals surface area contributed by atoms with Gasteiger partial charge in [-0.1, -0.05) is 13.0 Å². The second kappa shape index (κ2) is 4.28. The van der Waals surface area contributed by atoms with Crippen molar-refractivity contribution in [3.63, 3.8) is 0 Å². The lowest BCUT2D eigenvalue weighted by Gasteiger charge is -2.21. The molecular formula is C12H16N2O3S. The van der Waals surface area contributed by atoms with Crippen molar-refractivity contribution >= 4 is 21.6 Å². The van der Waals surface area contributed by atoms with Gasteiger partial charge in [0.05, 0.1) is 11.3 Å². The average molecular weight is 268 g/mol. The van der Waals surface area contributed by atoms with E-state index in [-0.39, 0.29) is 16.5 Å². The number of carbonyl (C=O) groups excluding carboxylic acids is 1. The Balaban J connectivity index is 2.69. The number of carbonyl (C=O) groups is 1. The molecule has 1 aromatic rings. The summed E-state index contributed by atoms with van der Waals surface area (Å²) in [6.07, 6.45) is 0.591. The molecule has 0 aliphatic carbocycles. The number of rotatable bonds is 3. The van der Waals surface area contributed by atoms with E-state index in [1.807, 2.05) is 6.92 Å². The highest BCUT2D eigenvalue weighted by atomic mass is 32.2. The summed E-state index contributed by atoms with van der Waals surface area (Å²) in [5.41, 5.74) is 0.716. The van der Waals surface area contributed by atoms with Gasteiger partial charge in [-0.3, -0.25) is 4.79 Å². The number of nitrogens with one attached hydrogen (secondary N) is 1. The van der Waals surface area contributed by atoms with Gasteiger partial charge in [-0.05, 0) is 25.5 Å². The number of hydrogen-bond donors (Lipinski definition) is 1. The van der Waals surface area contributed by atoms with Crippen molar-refractivity contribution in [1.29, 1.82) is 0 Å². The first-order chi connectivity index (χ1) is 8.45. The number of nitrogens with zero attached hydrogens (tertiary/aromatic N) is 1. The van der Waals surface area contributed by atoms with Crippen LogP contribution in [0.1, 0.15) is 30.6 Å². The molecule has 1 aromatic carbocycles. The number of fused-ring (bicyclic) bond motifs is 1. The second-order valence-corrected chi connectivity index (χ2v) is 6.05. The highest BCUT2D eigenvalue weighted by Gasteiger charge is 2.44. The first-order valence-electron chi connectivity index (χ1n) is 5.84. The molecule has 1 unspecified atom stereocenters. The van der Waals surface area contributed by atoms with E-state index in [1.165, 1.54) is 0 Å². The lowest BCUT2D eigenvalue weighted by atomic mass is 10.1. The van der Waals surface area contributed by atoms with E-state index >= 15 is 0 Å². The Bertz CT molecular complexity index is 595. The molecule has 1 aliphatic rings. The predicted octanol–water partition coefficient (Wildman–Crippen LogP) is 1.67. The number of amides is 1. The third-order valence-corrected chi connectivity index (χ3v) is 5.22. The first kappa shape index (κ1) is 12.9. The monoisotopic (exact) mass is 268 g/mol. The summed E-state index contributed by atoms with van der Waals surface area (Å²) in [6.45, 7) is 3.59. The van der Waals surface area contributed by atoms with Crippen LogP contribution in [0.2, 0.25) is 0 Å². The Labute approximate surface area is 107 Å². The van der Waals surface area contributed by atoms with Crippen LogP contribution < -0.4 is 5.32 Å². The van der Waals surface area contributed by atoms with Crippen molar-refractivity contribution in [2.24, 2.45) is 0 Å². The molecule has 6 heteroatoms. The van der Waals surface area contributed by atoms with Crippen molar-refractivity contribution in [3.8, 4) is 0 Å². The maximum Gasteiger partial charge on any atom is 0.269 e. The lowest BCUT2D eigenvalue weighted by molar-refractivity contribution is 0.0838. The van der Waals surface area contributed by atoms with Crippen LogP contribution in [0, 0.1) is 0 Å². The molecule has 18 heavy (non-hydrogen) atoms. The molecule has 2 rings (SSSR count). The van der Waals surface area contributed by atoms with E-state index in [1.54, 1.807) is 32.2 Å². The Morgan fingerprint density at radius 1 is 1.39 bits per heavy atom. The molecule has 5 nitrogen and oxygen atoms in total. The van der Waals surface area contributed by atoms with Gasteiger partial charge in [-0.25, -0.2) is 12.7 Å². The summed E-state index contributed by atoms with van der Waals surface area (Å²) in [5, 5.41) is 2.82. The summed E-state index contributed by atoms with van der Waals surface area (Å²) in [5.74, 6) is -0.434. The lowest BCUT2D eigenvalue weighted by Crippen LogP contribution is -2.37. The van der Waals surface area contributed by atoms with Crippen LogP contribution in [0.3, 0.4) is 0 Å². The van der Waals surface area contributed by atoms with Crippen molar-refractivity contribution in [3.05, 3.63) is 23.8 Å². The van der Waals surface area contributed by atoms with Gasteiger partial charge in [0.1, 0.15) is 4.90 Å². The van der Waals surface area contributed by atoms with Crippen molar-refractivity contribution in [2.45, 2.75) is 31.2 Å². The Hall–Kier alpha value is -1.56. The summed E-state index contributed by atoms with van der Waals surface area (Å²) in [4.78, 5) is 12.3. The van der Waals surface area contributed by atoms with Gasteiger partial charge in [0, 0.05) is 13.1 Å². The maximum atomic E-state index is 12.4. The maximum absolute atomic E-state index is 12.4. The molecular weight excluding hydrogens is 252 g/mol. The fraction of sp³-hybridized carbons (Fsp3) is 0.417. The van der Waals surface area contributed by atoms with Crippen LogP contribution in [0.5, 0.6) is 0 Å². The highest BCUT2D eigenvalue weighted by Crippen LogP contribution is 2.37. The van der Waals surface area contributed by atoms with Gasteiger partial charge < -0.3 is 5.32 Å². The molecule has 0 radical (unpaired) electrons. The molecule has 98 valence electrons. The van der Waals surface area contributed by atoms with Gasteiger partial charge in [-0.15, -0.1) is 0 Å². The normalized spacial score (nSPS) is 18.6. The molecule has 1 amide bonds. The van der Waals surface area contributed by atoms with E-state index in [0.29, 0.717) is 12.1 Å². The number of benzene rings is 1. The van der Waals surface area contributed by atoms with E-state index in [9.17, 15) is 13.2 Å². The molecule has 1 N–H and O–H groups in total. The molecule has 0 aromatic heterocycles. The zero-order valence-corrected chi connectivity index (χ0v) is 11.4. The summed E-state index contributed by atoms with van der Waals surface area (Å²) in [6, 6.07) is 4.56. The van der Waals surface area contributed by atoms with Gasteiger partial charge in [-0.2, -0.15) is 0 Å². The Morgan fingerprint density at radius 3 is 2.61 bits per heavy atom.